The van der Waals surface area contributed by atoms with Crippen molar-refractivity contribution in [2.24, 2.45) is 0 Å². The van der Waals surface area contributed by atoms with Gasteiger partial charge in [0.2, 0.25) is 0 Å². The Balaban J connectivity index is 1.94. The lowest BCUT2D eigenvalue weighted by Crippen LogP contribution is -2.39. The Morgan fingerprint density at radius 2 is 1.85 bits per heavy atom. The van der Waals surface area contributed by atoms with Crippen LogP contribution in [-0.2, 0) is 6.42 Å². The maximum Gasteiger partial charge on any atom is 0.0193 e. The van der Waals surface area contributed by atoms with Crippen LogP contribution in [-0.4, -0.2) is 24.0 Å². The van der Waals surface area contributed by atoms with E-state index in [9.17, 15) is 0 Å². The highest BCUT2D eigenvalue weighted by Gasteiger charge is 2.20. The predicted molar refractivity (Wildman–Crippen MR) is 88.0 cm³/mol. The van der Waals surface area contributed by atoms with Crippen molar-refractivity contribution in [1.29, 1.82) is 0 Å². The average molecular weight is 271 g/mol. The summed E-state index contributed by atoms with van der Waals surface area (Å²) in [5, 5.41) is 0. The molecule has 0 radical (unpaired) electrons. The highest BCUT2D eigenvalue weighted by molar-refractivity contribution is 5.15. The number of allylic oxidation sites excluding steroid dienone is 1. The van der Waals surface area contributed by atoms with Gasteiger partial charge >= 0.3 is 0 Å². The number of nitrogens with zero attached hydrogens (tertiary/aromatic N) is 1. The van der Waals surface area contributed by atoms with Crippen LogP contribution in [0.3, 0.4) is 0 Å². The van der Waals surface area contributed by atoms with E-state index >= 15 is 0 Å². The zero-order valence-corrected chi connectivity index (χ0v) is 13.1. The van der Waals surface area contributed by atoms with Gasteiger partial charge in [0.05, 0.1) is 0 Å². The van der Waals surface area contributed by atoms with E-state index in [2.05, 4.69) is 55.2 Å². The van der Waals surface area contributed by atoms with E-state index in [0.29, 0.717) is 0 Å². The highest BCUT2D eigenvalue weighted by atomic mass is 15.1. The predicted octanol–water partition coefficient (Wildman–Crippen LogP) is 4.83. The number of hydrogen-bond donors (Lipinski definition) is 0. The molecule has 1 aromatic carbocycles. The fraction of sp³-hybridized carbons (Fsp3) is 0.579. The summed E-state index contributed by atoms with van der Waals surface area (Å²) in [4.78, 5) is 2.72. The van der Waals surface area contributed by atoms with Gasteiger partial charge in [0.25, 0.3) is 0 Å². The molecule has 20 heavy (non-hydrogen) atoms. The molecule has 1 aromatic rings. The third kappa shape index (κ3) is 4.79. The van der Waals surface area contributed by atoms with Crippen LogP contribution in [0.15, 0.2) is 42.0 Å². The van der Waals surface area contributed by atoms with Crippen molar-refractivity contribution in [3.8, 4) is 0 Å². The topological polar surface area (TPSA) is 3.24 Å². The molecule has 0 spiro atoms. The second-order valence-electron chi connectivity index (χ2n) is 6.13. The number of benzene rings is 1. The lowest BCUT2D eigenvalue weighted by molar-refractivity contribution is 0.170. The van der Waals surface area contributed by atoms with Gasteiger partial charge in [0, 0.05) is 19.1 Å². The minimum Gasteiger partial charge on any atom is -0.296 e. The molecule has 1 heteroatoms. The maximum absolute atomic E-state index is 2.72. The monoisotopic (exact) mass is 271 g/mol. The van der Waals surface area contributed by atoms with E-state index in [0.717, 1.165) is 12.6 Å². The fourth-order valence-corrected chi connectivity index (χ4v) is 3.17. The molecule has 1 aliphatic rings. The lowest BCUT2D eigenvalue weighted by Gasteiger charge is -2.34. The van der Waals surface area contributed by atoms with Crippen LogP contribution in [0.5, 0.6) is 0 Å². The molecule has 0 heterocycles. The number of rotatable bonds is 6. The van der Waals surface area contributed by atoms with Crippen LogP contribution in [0.4, 0.5) is 0 Å². The zero-order chi connectivity index (χ0) is 14.2. The van der Waals surface area contributed by atoms with Gasteiger partial charge in [-0.2, -0.15) is 0 Å². The molecular formula is C19H29N. The zero-order valence-electron chi connectivity index (χ0n) is 13.1. The van der Waals surface area contributed by atoms with Gasteiger partial charge in [-0.3, -0.25) is 4.90 Å². The summed E-state index contributed by atoms with van der Waals surface area (Å²) >= 11 is 0. The minimum atomic E-state index is 0.808. The van der Waals surface area contributed by atoms with E-state index in [4.69, 9.17) is 0 Å². The van der Waals surface area contributed by atoms with Gasteiger partial charge in [-0.15, -0.1) is 0 Å². The summed E-state index contributed by atoms with van der Waals surface area (Å²) < 4.78 is 0. The molecule has 0 bridgehead atoms. The molecule has 1 saturated carbocycles. The van der Waals surface area contributed by atoms with Crippen molar-refractivity contribution in [2.45, 2.75) is 58.4 Å². The molecule has 0 amide bonds. The molecule has 0 N–H and O–H groups in total. The Morgan fingerprint density at radius 3 is 2.50 bits per heavy atom. The van der Waals surface area contributed by atoms with Crippen LogP contribution < -0.4 is 0 Å². The van der Waals surface area contributed by atoms with Gasteiger partial charge in [0.15, 0.2) is 0 Å². The summed E-state index contributed by atoms with van der Waals surface area (Å²) in [5.74, 6) is 0. The quantitative estimate of drug-likeness (QED) is 0.670. The van der Waals surface area contributed by atoms with E-state index in [1.165, 1.54) is 56.2 Å². The molecule has 0 aromatic heterocycles. The Bertz CT molecular complexity index is 401. The third-order valence-corrected chi connectivity index (χ3v) is 4.57. The first-order chi connectivity index (χ1) is 9.79. The summed E-state index contributed by atoms with van der Waals surface area (Å²) in [5.41, 5.74) is 2.97. The van der Waals surface area contributed by atoms with Gasteiger partial charge in [-0.25, -0.2) is 0 Å². The smallest absolute Gasteiger partial charge is 0.0193 e. The SMILES string of the molecule is CC=C(C)CN(CCc1ccccc1)C1CCCCC1. The maximum atomic E-state index is 2.72. The fourth-order valence-electron chi connectivity index (χ4n) is 3.17. The molecular weight excluding hydrogens is 242 g/mol. The Hall–Kier alpha value is -1.08. The summed E-state index contributed by atoms with van der Waals surface area (Å²) in [6.07, 6.45) is 10.5. The van der Waals surface area contributed by atoms with E-state index in [-0.39, 0.29) is 0 Å². The van der Waals surface area contributed by atoms with Crippen molar-refractivity contribution in [3.05, 3.63) is 47.5 Å². The summed E-state index contributed by atoms with van der Waals surface area (Å²) in [6, 6.07) is 11.7. The van der Waals surface area contributed by atoms with Crippen molar-refractivity contribution in [3.63, 3.8) is 0 Å². The van der Waals surface area contributed by atoms with Crippen LogP contribution in [0.2, 0.25) is 0 Å². The lowest BCUT2D eigenvalue weighted by atomic mass is 9.93. The summed E-state index contributed by atoms with van der Waals surface area (Å²) in [7, 11) is 0. The molecule has 1 fully saturated rings. The van der Waals surface area contributed by atoms with E-state index < -0.39 is 0 Å². The normalized spacial score (nSPS) is 17.6. The molecule has 0 atom stereocenters. The largest absolute Gasteiger partial charge is 0.296 e. The molecule has 1 nitrogen and oxygen atoms in total. The van der Waals surface area contributed by atoms with Gasteiger partial charge in [0.1, 0.15) is 0 Å². The minimum absolute atomic E-state index is 0.808. The standard InChI is InChI=1S/C19H29N/c1-3-17(2)16-20(19-12-8-5-9-13-19)15-14-18-10-6-4-7-11-18/h3-4,6-7,10-11,19H,5,8-9,12-16H2,1-2H3. The van der Waals surface area contributed by atoms with Crippen LogP contribution in [0.25, 0.3) is 0 Å². The molecule has 0 unspecified atom stereocenters. The second-order valence-corrected chi connectivity index (χ2v) is 6.13. The summed E-state index contributed by atoms with van der Waals surface area (Å²) in [6.45, 7) is 6.76. The van der Waals surface area contributed by atoms with Crippen molar-refractivity contribution >= 4 is 0 Å². The van der Waals surface area contributed by atoms with Gasteiger partial charge < -0.3 is 0 Å². The van der Waals surface area contributed by atoms with Crippen LogP contribution >= 0.6 is 0 Å². The van der Waals surface area contributed by atoms with Crippen molar-refractivity contribution in [1.82, 2.24) is 4.90 Å². The molecule has 2 rings (SSSR count). The van der Waals surface area contributed by atoms with Gasteiger partial charge in [-0.1, -0.05) is 61.2 Å². The first-order valence-corrected chi connectivity index (χ1v) is 8.19. The Morgan fingerprint density at radius 1 is 1.15 bits per heavy atom. The third-order valence-electron chi connectivity index (χ3n) is 4.57. The molecule has 1 aliphatic carbocycles. The van der Waals surface area contributed by atoms with E-state index in [1.807, 2.05) is 0 Å². The van der Waals surface area contributed by atoms with Crippen LogP contribution in [0, 0.1) is 0 Å². The number of hydrogen-bond acceptors (Lipinski definition) is 1. The van der Waals surface area contributed by atoms with Crippen molar-refractivity contribution in [2.75, 3.05) is 13.1 Å². The molecule has 110 valence electrons. The Kier molecular flexibility index (Phi) is 6.32. The molecule has 0 aliphatic heterocycles. The first kappa shape index (κ1) is 15.3. The van der Waals surface area contributed by atoms with Crippen LogP contribution in [0.1, 0.15) is 51.5 Å². The second kappa shape index (κ2) is 8.26. The van der Waals surface area contributed by atoms with E-state index in [1.54, 1.807) is 0 Å². The first-order valence-electron chi connectivity index (χ1n) is 8.19. The Labute approximate surface area is 124 Å². The average Bonchev–Trinajstić information content (AvgIpc) is 2.53. The van der Waals surface area contributed by atoms with Crippen molar-refractivity contribution < 1.29 is 0 Å². The van der Waals surface area contributed by atoms with Gasteiger partial charge in [-0.05, 0) is 38.7 Å². The molecule has 0 saturated heterocycles. The highest BCUT2D eigenvalue weighted by Crippen LogP contribution is 2.23.